The van der Waals surface area contributed by atoms with E-state index in [4.69, 9.17) is 17.0 Å². The number of carbonyl (C=O) groups excluding carboxylic acids is 2. The molecule has 1 saturated heterocycles. The average Bonchev–Trinajstić information content (AvgIpc) is 3.27. The van der Waals surface area contributed by atoms with Crippen LogP contribution >= 0.6 is 12.2 Å². The van der Waals surface area contributed by atoms with Gasteiger partial charge in [-0.15, -0.1) is 0 Å². The highest BCUT2D eigenvalue weighted by Crippen LogP contribution is 2.35. The molecular formula is C32H27N5O7S. The van der Waals surface area contributed by atoms with Crippen molar-refractivity contribution < 1.29 is 24.2 Å². The molecule has 12 nitrogen and oxygen atoms in total. The van der Waals surface area contributed by atoms with E-state index in [-0.39, 0.29) is 22.2 Å². The van der Waals surface area contributed by atoms with Crippen molar-refractivity contribution in [3.8, 4) is 17.2 Å². The van der Waals surface area contributed by atoms with Crippen molar-refractivity contribution in [3.05, 3.63) is 121 Å². The molecule has 0 spiro atoms. The molecule has 13 heteroatoms. The first-order valence-corrected chi connectivity index (χ1v) is 14.2. The van der Waals surface area contributed by atoms with Crippen molar-refractivity contribution in [2.45, 2.75) is 33.6 Å². The van der Waals surface area contributed by atoms with Gasteiger partial charge >= 0.3 is 5.69 Å². The van der Waals surface area contributed by atoms with Crippen molar-refractivity contribution in [2.75, 3.05) is 4.90 Å². The molecular weight excluding hydrogens is 598 g/mol. The number of nitro benzene ring substituents is 2. The highest BCUT2D eigenvalue weighted by molar-refractivity contribution is 7.80. The van der Waals surface area contributed by atoms with Crippen molar-refractivity contribution in [2.24, 2.45) is 0 Å². The van der Waals surface area contributed by atoms with Crippen molar-refractivity contribution in [1.82, 2.24) is 9.88 Å². The Morgan fingerprint density at radius 3 is 2.13 bits per heavy atom. The third-order valence-corrected chi connectivity index (χ3v) is 7.65. The van der Waals surface area contributed by atoms with Gasteiger partial charge in [0.2, 0.25) is 5.75 Å². The first kappa shape index (κ1) is 30.8. The summed E-state index contributed by atoms with van der Waals surface area (Å²) in [6.07, 6.45) is 1.54. The fourth-order valence-electron chi connectivity index (χ4n) is 5.03. The molecule has 45 heavy (non-hydrogen) atoms. The predicted octanol–water partition coefficient (Wildman–Crippen LogP) is 6.66. The van der Waals surface area contributed by atoms with Crippen LogP contribution < -0.4 is 15.0 Å². The van der Waals surface area contributed by atoms with Crippen LogP contribution in [0.3, 0.4) is 0 Å². The first-order chi connectivity index (χ1) is 21.3. The van der Waals surface area contributed by atoms with Gasteiger partial charge in [0, 0.05) is 23.1 Å². The number of thiocarbonyl (C=S) groups is 1. The lowest BCUT2D eigenvalue weighted by molar-refractivity contribution is -0.394. The van der Waals surface area contributed by atoms with Gasteiger partial charge in [0.05, 0.1) is 21.6 Å². The summed E-state index contributed by atoms with van der Waals surface area (Å²) in [5.41, 5.74) is 3.59. The van der Waals surface area contributed by atoms with E-state index in [1.54, 1.807) is 42.5 Å². The quantitative estimate of drug-likeness (QED) is 0.0751. The minimum absolute atomic E-state index is 0.00582. The fourth-order valence-corrected chi connectivity index (χ4v) is 5.31. The van der Waals surface area contributed by atoms with Crippen LogP contribution in [-0.2, 0) is 9.59 Å². The van der Waals surface area contributed by atoms with E-state index in [9.17, 15) is 29.8 Å². The number of amides is 2. The SMILES string of the molecule is Cc1cc(/C=C2\C(=O)NC(=S)N(c3ccc(C(C)C)cc3)C2=O)c(C)n1-c1ccc(Oc2ccc([N+](=O)[O-])cc2[N+](=O)[O-])cc1. The third kappa shape index (κ3) is 6.06. The zero-order valence-corrected chi connectivity index (χ0v) is 25.5. The van der Waals surface area contributed by atoms with Crippen LogP contribution in [0.15, 0.2) is 78.4 Å². The number of aromatic nitrogens is 1. The summed E-state index contributed by atoms with van der Waals surface area (Å²) in [4.78, 5) is 48.8. The maximum Gasteiger partial charge on any atom is 0.318 e. The van der Waals surface area contributed by atoms with Crippen LogP contribution in [0.1, 0.15) is 42.3 Å². The molecule has 0 radical (unpaired) electrons. The monoisotopic (exact) mass is 625 g/mol. The standard InChI is InChI=1S/C32H27N5O7S/c1-18(2)21-5-7-24(8-6-21)35-31(39)27(30(38)33-32(35)45)16-22-15-19(3)34(20(22)4)23-9-12-26(13-10-23)44-29-14-11-25(36(40)41)17-28(29)37(42)43/h5-18H,1-4H3,(H,33,38,45)/b27-16+. The molecule has 4 aromatic rings. The second-order valence-corrected chi connectivity index (χ2v) is 11.0. The minimum Gasteiger partial charge on any atom is -0.450 e. The minimum atomic E-state index is -0.744. The van der Waals surface area contributed by atoms with Crippen LogP contribution in [-0.4, -0.2) is 31.3 Å². The van der Waals surface area contributed by atoms with E-state index in [0.717, 1.165) is 34.8 Å². The number of non-ortho nitro benzene ring substituents is 1. The fraction of sp³-hybridized carbons (Fsp3) is 0.156. The van der Waals surface area contributed by atoms with E-state index in [1.807, 2.05) is 36.6 Å². The zero-order valence-electron chi connectivity index (χ0n) is 24.6. The van der Waals surface area contributed by atoms with E-state index in [1.165, 1.54) is 11.0 Å². The highest BCUT2D eigenvalue weighted by Gasteiger charge is 2.35. The normalized spacial score (nSPS) is 14.2. The summed E-state index contributed by atoms with van der Waals surface area (Å²) in [5.74, 6) is -0.670. The number of aryl methyl sites for hydroxylation is 1. The molecule has 0 bridgehead atoms. The molecule has 0 saturated carbocycles. The molecule has 1 aliphatic heterocycles. The first-order valence-electron chi connectivity index (χ1n) is 13.8. The number of nitro groups is 2. The largest absolute Gasteiger partial charge is 0.450 e. The number of nitrogens with zero attached hydrogens (tertiary/aromatic N) is 4. The molecule has 228 valence electrons. The second kappa shape index (κ2) is 12.1. The van der Waals surface area contributed by atoms with Gasteiger partial charge in [-0.2, -0.15) is 0 Å². The van der Waals surface area contributed by atoms with Crippen molar-refractivity contribution in [3.63, 3.8) is 0 Å². The number of benzene rings is 3. The number of ether oxygens (including phenoxy) is 1. The van der Waals surface area contributed by atoms with Gasteiger partial charge in [0.1, 0.15) is 11.3 Å². The lowest BCUT2D eigenvalue weighted by Gasteiger charge is -2.29. The van der Waals surface area contributed by atoms with E-state index in [2.05, 4.69) is 19.2 Å². The van der Waals surface area contributed by atoms with E-state index < -0.39 is 33.0 Å². The van der Waals surface area contributed by atoms with Gasteiger partial charge in [-0.25, -0.2) is 0 Å². The lowest BCUT2D eigenvalue weighted by atomic mass is 10.0. The van der Waals surface area contributed by atoms with Crippen molar-refractivity contribution in [1.29, 1.82) is 0 Å². The van der Waals surface area contributed by atoms with Gasteiger partial charge in [-0.3, -0.25) is 40.0 Å². The number of anilines is 1. The molecule has 1 aliphatic rings. The highest BCUT2D eigenvalue weighted by atomic mass is 32.1. The molecule has 0 unspecified atom stereocenters. The number of rotatable bonds is 8. The Kier molecular flexibility index (Phi) is 8.29. The molecule has 2 amide bonds. The number of hydrogen-bond acceptors (Lipinski definition) is 8. The summed E-state index contributed by atoms with van der Waals surface area (Å²) in [6, 6.07) is 19.2. The molecule has 1 aromatic heterocycles. The summed E-state index contributed by atoms with van der Waals surface area (Å²) < 4.78 is 7.60. The van der Waals surface area contributed by atoms with Gasteiger partial charge in [-0.05, 0) is 97.7 Å². The maximum absolute atomic E-state index is 13.6. The summed E-state index contributed by atoms with van der Waals surface area (Å²) in [5, 5.41) is 25.1. The predicted molar refractivity (Wildman–Crippen MR) is 172 cm³/mol. The smallest absolute Gasteiger partial charge is 0.318 e. The lowest BCUT2D eigenvalue weighted by Crippen LogP contribution is -2.54. The number of nitrogens with one attached hydrogen (secondary N) is 1. The Morgan fingerprint density at radius 2 is 1.53 bits per heavy atom. The Labute approximate surface area is 262 Å². The molecule has 3 aromatic carbocycles. The Hall–Kier alpha value is -5.69. The summed E-state index contributed by atoms with van der Waals surface area (Å²) >= 11 is 5.34. The molecule has 2 heterocycles. The third-order valence-electron chi connectivity index (χ3n) is 7.36. The van der Waals surface area contributed by atoms with Gasteiger partial charge in [0.25, 0.3) is 17.5 Å². The molecule has 1 fully saturated rings. The van der Waals surface area contributed by atoms with Crippen LogP contribution in [0.4, 0.5) is 17.1 Å². The Morgan fingerprint density at radius 1 is 0.889 bits per heavy atom. The molecule has 5 rings (SSSR count). The zero-order chi connectivity index (χ0) is 32.6. The number of carbonyl (C=O) groups is 2. The Balaban J connectivity index is 1.42. The van der Waals surface area contributed by atoms with Gasteiger partial charge < -0.3 is 9.30 Å². The molecule has 0 aliphatic carbocycles. The second-order valence-electron chi connectivity index (χ2n) is 10.6. The van der Waals surface area contributed by atoms with Crippen LogP contribution in [0.5, 0.6) is 11.5 Å². The summed E-state index contributed by atoms with van der Waals surface area (Å²) in [6.45, 7) is 7.87. The van der Waals surface area contributed by atoms with Gasteiger partial charge in [-0.1, -0.05) is 26.0 Å². The molecule has 1 N–H and O–H groups in total. The van der Waals surface area contributed by atoms with E-state index in [0.29, 0.717) is 17.2 Å². The van der Waals surface area contributed by atoms with Gasteiger partial charge in [0.15, 0.2) is 5.11 Å². The van der Waals surface area contributed by atoms with Crippen LogP contribution in [0, 0.1) is 34.1 Å². The summed E-state index contributed by atoms with van der Waals surface area (Å²) in [7, 11) is 0. The Bertz CT molecular complexity index is 1910. The number of hydrogen-bond donors (Lipinski definition) is 1. The maximum atomic E-state index is 13.6. The van der Waals surface area contributed by atoms with Crippen LogP contribution in [0.25, 0.3) is 11.8 Å². The van der Waals surface area contributed by atoms with Crippen molar-refractivity contribution >= 4 is 52.3 Å². The topological polar surface area (TPSA) is 150 Å². The van der Waals surface area contributed by atoms with Crippen LogP contribution in [0.2, 0.25) is 0 Å². The average molecular weight is 626 g/mol. The molecule has 0 atom stereocenters. The van der Waals surface area contributed by atoms with E-state index >= 15 is 0 Å².